The summed E-state index contributed by atoms with van der Waals surface area (Å²) in [5, 5.41) is 10.4. The van der Waals surface area contributed by atoms with Crippen molar-refractivity contribution in [1.82, 2.24) is 10.2 Å². The molecule has 0 aromatic heterocycles. The average molecular weight is 184 g/mol. The van der Waals surface area contributed by atoms with E-state index in [4.69, 9.17) is 5.11 Å². The van der Waals surface area contributed by atoms with Gasteiger partial charge >= 0.3 is 6.09 Å². The van der Waals surface area contributed by atoms with Crippen LogP contribution in [0.1, 0.15) is 12.8 Å². The average Bonchev–Trinajstić information content (AvgIpc) is 2.62. The molecule has 13 heavy (non-hydrogen) atoms. The minimum absolute atomic E-state index is 0.319. The summed E-state index contributed by atoms with van der Waals surface area (Å²) in [5.41, 5.74) is -0.404. The van der Waals surface area contributed by atoms with Gasteiger partial charge in [-0.2, -0.15) is 0 Å². The molecule has 2 aliphatic rings. The highest BCUT2D eigenvalue weighted by Crippen LogP contribution is 2.40. The molecular weight excluding hydrogens is 172 g/mol. The summed E-state index contributed by atoms with van der Waals surface area (Å²) in [5.74, 6) is -0.319. The van der Waals surface area contributed by atoms with Crippen LogP contribution in [0.3, 0.4) is 0 Å². The fraction of sp³-hybridized carbons (Fsp3) is 0.750. The minimum atomic E-state index is -1.25. The van der Waals surface area contributed by atoms with E-state index in [0.717, 1.165) is 32.5 Å². The summed E-state index contributed by atoms with van der Waals surface area (Å²) in [7, 11) is 0. The molecule has 0 unspecified atom stereocenters. The highest BCUT2D eigenvalue weighted by Gasteiger charge is 2.49. The van der Waals surface area contributed by atoms with Crippen LogP contribution in [0.15, 0.2) is 0 Å². The molecular formula is C8H12N2O3. The lowest BCUT2D eigenvalue weighted by molar-refractivity contribution is -0.128. The van der Waals surface area contributed by atoms with Crippen molar-refractivity contribution in [2.24, 2.45) is 5.41 Å². The van der Waals surface area contributed by atoms with Crippen LogP contribution in [0, 0.1) is 5.41 Å². The van der Waals surface area contributed by atoms with E-state index in [-0.39, 0.29) is 5.91 Å². The SMILES string of the molecule is O=C(O)NC(=O)C12CCN(CC1)C2. The standard InChI is InChI=1S/C8H12N2O3/c11-6(9-7(12)13)8-1-3-10(5-8)4-2-8/h1-5H2,(H,9,11)(H,12,13). The van der Waals surface area contributed by atoms with Crippen molar-refractivity contribution in [3.8, 4) is 0 Å². The molecule has 0 atom stereocenters. The van der Waals surface area contributed by atoms with Crippen molar-refractivity contribution >= 4 is 12.0 Å². The van der Waals surface area contributed by atoms with Gasteiger partial charge < -0.3 is 10.0 Å². The van der Waals surface area contributed by atoms with E-state index in [1.54, 1.807) is 0 Å². The zero-order valence-corrected chi connectivity index (χ0v) is 7.25. The van der Waals surface area contributed by atoms with Crippen molar-refractivity contribution in [3.05, 3.63) is 0 Å². The van der Waals surface area contributed by atoms with Crippen LogP contribution in [0.2, 0.25) is 0 Å². The molecule has 2 heterocycles. The van der Waals surface area contributed by atoms with E-state index >= 15 is 0 Å². The van der Waals surface area contributed by atoms with Crippen molar-refractivity contribution in [2.45, 2.75) is 12.8 Å². The van der Waals surface area contributed by atoms with Crippen LogP contribution >= 0.6 is 0 Å². The predicted octanol–water partition coefficient (Wildman–Crippen LogP) is -0.124. The highest BCUT2D eigenvalue weighted by atomic mass is 16.4. The fourth-order valence-electron chi connectivity index (χ4n) is 2.25. The Morgan fingerprint density at radius 3 is 2.31 bits per heavy atom. The smallest absolute Gasteiger partial charge is 0.411 e. The third kappa shape index (κ3) is 1.29. The van der Waals surface area contributed by atoms with Gasteiger partial charge in [0.2, 0.25) is 5.91 Å². The number of hydrogen-bond donors (Lipinski definition) is 2. The Bertz CT molecular complexity index is 256. The van der Waals surface area contributed by atoms with Gasteiger partial charge in [-0.1, -0.05) is 0 Å². The van der Waals surface area contributed by atoms with Crippen LogP contribution in [0.4, 0.5) is 4.79 Å². The Morgan fingerprint density at radius 1 is 1.31 bits per heavy atom. The number of hydrogen-bond acceptors (Lipinski definition) is 3. The largest absolute Gasteiger partial charge is 0.465 e. The fourth-order valence-corrected chi connectivity index (χ4v) is 2.25. The van der Waals surface area contributed by atoms with Gasteiger partial charge in [0.05, 0.1) is 5.41 Å². The zero-order valence-electron chi connectivity index (χ0n) is 7.25. The summed E-state index contributed by atoms with van der Waals surface area (Å²) >= 11 is 0. The number of piperidine rings is 1. The number of imide groups is 1. The number of nitrogens with zero attached hydrogens (tertiary/aromatic N) is 1. The Morgan fingerprint density at radius 2 is 1.92 bits per heavy atom. The number of fused-ring (bicyclic) bond motifs is 2. The molecule has 2 fully saturated rings. The van der Waals surface area contributed by atoms with Crippen LogP contribution in [0.25, 0.3) is 0 Å². The molecule has 2 aliphatic heterocycles. The molecule has 2 N–H and O–H groups in total. The summed E-state index contributed by atoms with van der Waals surface area (Å²) < 4.78 is 0. The Balaban J connectivity index is 2.07. The van der Waals surface area contributed by atoms with Crippen LogP contribution < -0.4 is 5.32 Å². The van der Waals surface area contributed by atoms with E-state index in [0.29, 0.717) is 0 Å². The topological polar surface area (TPSA) is 69.6 Å². The van der Waals surface area contributed by atoms with Gasteiger partial charge in [0.1, 0.15) is 0 Å². The molecule has 2 saturated heterocycles. The maximum absolute atomic E-state index is 11.5. The van der Waals surface area contributed by atoms with Gasteiger partial charge in [0.15, 0.2) is 0 Å². The number of amides is 2. The Kier molecular flexibility index (Phi) is 1.76. The highest BCUT2D eigenvalue weighted by molar-refractivity contribution is 5.95. The lowest BCUT2D eigenvalue weighted by Gasteiger charge is -2.22. The lowest BCUT2D eigenvalue weighted by Crippen LogP contribution is -2.42. The molecule has 0 spiro atoms. The van der Waals surface area contributed by atoms with Gasteiger partial charge in [0.25, 0.3) is 0 Å². The summed E-state index contributed by atoms with van der Waals surface area (Å²) in [6.07, 6.45) is 0.350. The zero-order chi connectivity index (χ0) is 9.47. The molecule has 0 aliphatic carbocycles. The Labute approximate surface area is 75.7 Å². The summed E-state index contributed by atoms with van der Waals surface area (Å²) in [4.78, 5) is 24.0. The van der Waals surface area contributed by atoms with Gasteiger partial charge in [-0.25, -0.2) is 4.79 Å². The van der Waals surface area contributed by atoms with Gasteiger partial charge in [0, 0.05) is 6.54 Å². The first-order valence-corrected chi connectivity index (χ1v) is 4.39. The molecule has 72 valence electrons. The number of nitrogens with one attached hydrogen (secondary N) is 1. The molecule has 2 rings (SSSR count). The second-order valence-electron chi connectivity index (χ2n) is 3.82. The number of carboxylic acid groups (broad SMARTS) is 1. The van der Waals surface area contributed by atoms with Crippen molar-refractivity contribution in [1.29, 1.82) is 0 Å². The second kappa shape index (κ2) is 2.70. The van der Waals surface area contributed by atoms with Crippen LogP contribution in [-0.4, -0.2) is 41.6 Å². The first-order chi connectivity index (χ1) is 6.12. The monoisotopic (exact) mass is 184 g/mol. The van der Waals surface area contributed by atoms with Crippen LogP contribution in [-0.2, 0) is 4.79 Å². The quantitative estimate of drug-likeness (QED) is 0.596. The first kappa shape index (κ1) is 8.50. The molecule has 2 amide bonds. The lowest BCUT2D eigenvalue weighted by atomic mass is 9.84. The number of carbonyl (C=O) groups excluding carboxylic acids is 1. The molecule has 0 radical (unpaired) electrons. The maximum atomic E-state index is 11.5. The predicted molar refractivity (Wildman–Crippen MR) is 44.3 cm³/mol. The number of rotatable bonds is 1. The third-order valence-electron chi connectivity index (χ3n) is 3.04. The maximum Gasteiger partial charge on any atom is 0.411 e. The third-order valence-corrected chi connectivity index (χ3v) is 3.04. The van der Waals surface area contributed by atoms with Crippen molar-refractivity contribution < 1.29 is 14.7 Å². The molecule has 2 bridgehead atoms. The van der Waals surface area contributed by atoms with Gasteiger partial charge in [-0.3, -0.25) is 10.1 Å². The first-order valence-electron chi connectivity index (χ1n) is 4.39. The summed E-state index contributed by atoms with van der Waals surface area (Å²) in [6, 6.07) is 0. The van der Waals surface area contributed by atoms with E-state index in [1.165, 1.54) is 0 Å². The minimum Gasteiger partial charge on any atom is -0.465 e. The Hall–Kier alpha value is -1.10. The molecule has 0 aromatic rings. The number of carbonyl (C=O) groups is 2. The van der Waals surface area contributed by atoms with E-state index in [2.05, 4.69) is 4.90 Å². The van der Waals surface area contributed by atoms with Crippen molar-refractivity contribution in [3.63, 3.8) is 0 Å². The van der Waals surface area contributed by atoms with Crippen molar-refractivity contribution in [2.75, 3.05) is 19.6 Å². The van der Waals surface area contributed by atoms with E-state index in [1.807, 2.05) is 5.32 Å². The summed E-state index contributed by atoms with van der Waals surface area (Å²) in [6.45, 7) is 2.58. The normalized spacial score (nSPS) is 36.2. The van der Waals surface area contributed by atoms with Gasteiger partial charge in [-0.15, -0.1) is 0 Å². The van der Waals surface area contributed by atoms with E-state index < -0.39 is 11.5 Å². The molecule has 0 aromatic carbocycles. The van der Waals surface area contributed by atoms with E-state index in [9.17, 15) is 9.59 Å². The molecule has 0 saturated carbocycles. The van der Waals surface area contributed by atoms with Crippen LogP contribution in [0.5, 0.6) is 0 Å². The van der Waals surface area contributed by atoms with Gasteiger partial charge in [-0.05, 0) is 25.9 Å². The molecule has 5 heteroatoms. The second-order valence-corrected chi connectivity index (χ2v) is 3.82. The molecule has 5 nitrogen and oxygen atoms in total.